The number of nitrogens with zero attached hydrogens (tertiary/aromatic N) is 4. The number of hydrogen-bond acceptors (Lipinski definition) is 4. The normalized spacial score (nSPS) is 11.0. The monoisotopic (exact) mass is 458 g/mol. The first-order chi connectivity index (χ1) is 11.7. The topological polar surface area (TPSA) is 82.3 Å². The van der Waals surface area contributed by atoms with E-state index in [2.05, 4.69) is 37.0 Å². The number of furan rings is 1. The molecule has 0 aliphatic heterocycles. The molecule has 0 radical (unpaired) electrons. The predicted octanol–water partition coefficient (Wildman–Crippen LogP) is 3.44. The lowest BCUT2D eigenvalue weighted by Crippen LogP contribution is -2.39. The van der Waals surface area contributed by atoms with Crippen LogP contribution in [0.1, 0.15) is 31.5 Å². The maximum atomic E-state index is 5.29. The fourth-order valence-electron chi connectivity index (χ4n) is 2.36. The fourth-order valence-corrected chi connectivity index (χ4v) is 2.36. The fraction of sp³-hybridized carbons (Fsp3) is 0.471. The third kappa shape index (κ3) is 6.89. The van der Waals surface area contributed by atoms with Gasteiger partial charge in [0.2, 0.25) is 5.82 Å². The Morgan fingerprint density at radius 3 is 2.96 bits per heavy atom. The minimum Gasteiger partial charge on any atom is -0.461 e. The summed E-state index contributed by atoms with van der Waals surface area (Å²) in [5.41, 5.74) is 0. The van der Waals surface area contributed by atoms with Gasteiger partial charge in [0.15, 0.2) is 11.7 Å². The summed E-state index contributed by atoms with van der Waals surface area (Å²) in [7, 11) is 3.82. The number of allylic oxidation sites excluding steroid dienone is 1. The maximum Gasteiger partial charge on any atom is 0.216 e. The van der Waals surface area contributed by atoms with Crippen LogP contribution in [0.25, 0.3) is 11.6 Å². The highest BCUT2D eigenvalue weighted by Gasteiger charge is 2.10. The van der Waals surface area contributed by atoms with E-state index in [4.69, 9.17) is 4.42 Å². The molecule has 138 valence electrons. The summed E-state index contributed by atoms with van der Waals surface area (Å²) in [4.78, 5) is 10.8. The minimum absolute atomic E-state index is 0. The van der Waals surface area contributed by atoms with Gasteiger partial charge in [0, 0.05) is 20.6 Å². The van der Waals surface area contributed by atoms with Crippen molar-refractivity contribution in [2.45, 2.75) is 32.2 Å². The van der Waals surface area contributed by atoms with Crippen molar-refractivity contribution in [1.82, 2.24) is 25.4 Å². The van der Waals surface area contributed by atoms with Crippen LogP contribution >= 0.6 is 24.0 Å². The van der Waals surface area contributed by atoms with Gasteiger partial charge in [-0.2, -0.15) is 0 Å². The number of unbranched alkanes of at least 4 members (excludes halogenated alkanes) is 3. The van der Waals surface area contributed by atoms with Crippen LogP contribution in [0.5, 0.6) is 0 Å². The molecule has 0 aliphatic carbocycles. The predicted molar refractivity (Wildman–Crippen MR) is 111 cm³/mol. The Kier molecular flexibility index (Phi) is 9.90. The lowest BCUT2D eigenvalue weighted by molar-refractivity contribution is 0.454. The molecule has 0 spiro atoms. The smallest absolute Gasteiger partial charge is 0.216 e. The van der Waals surface area contributed by atoms with Gasteiger partial charge in [-0.3, -0.25) is 10.1 Å². The summed E-state index contributed by atoms with van der Waals surface area (Å²) in [6.45, 7) is 5.24. The molecular weight excluding hydrogens is 431 g/mol. The summed E-state index contributed by atoms with van der Waals surface area (Å²) < 4.78 is 5.29. The van der Waals surface area contributed by atoms with E-state index in [1.807, 2.05) is 25.3 Å². The van der Waals surface area contributed by atoms with Gasteiger partial charge in [-0.25, -0.2) is 4.98 Å². The van der Waals surface area contributed by atoms with Crippen LogP contribution in [0.4, 0.5) is 0 Å². The van der Waals surface area contributed by atoms with Crippen LogP contribution in [0, 0.1) is 0 Å². The zero-order chi connectivity index (χ0) is 17.2. The second-order valence-corrected chi connectivity index (χ2v) is 5.54. The van der Waals surface area contributed by atoms with Crippen LogP contribution in [-0.2, 0) is 6.54 Å². The molecule has 0 aliphatic rings. The van der Waals surface area contributed by atoms with Crippen molar-refractivity contribution in [3.8, 4) is 11.6 Å². The number of halogens is 1. The second kappa shape index (κ2) is 11.7. The highest BCUT2D eigenvalue weighted by molar-refractivity contribution is 14.0. The second-order valence-electron chi connectivity index (χ2n) is 5.54. The number of nitrogens with one attached hydrogen (secondary N) is 2. The maximum absolute atomic E-state index is 5.29. The minimum atomic E-state index is 0. The highest BCUT2D eigenvalue weighted by Crippen LogP contribution is 2.14. The lowest BCUT2D eigenvalue weighted by Gasteiger charge is -2.21. The number of aliphatic imine (C=N–C) groups is 1. The molecule has 0 aromatic carbocycles. The quantitative estimate of drug-likeness (QED) is 0.198. The molecule has 2 rings (SSSR count). The van der Waals surface area contributed by atoms with E-state index in [-0.39, 0.29) is 24.0 Å². The van der Waals surface area contributed by atoms with Gasteiger partial charge < -0.3 is 14.6 Å². The third-order valence-corrected chi connectivity index (χ3v) is 3.66. The average Bonchev–Trinajstić information content (AvgIpc) is 3.26. The molecule has 7 nitrogen and oxygen atoms in total. The number of aromatic nitrogens is 3. The Morgan fingerprint density at radius 1 is 1.44 bits per heavy atom. The van der Waals surface area contributed by atoms with Gasteiger partial charge >= 0.3 is 0 Å². The summed E-state index contributed by atoms with van der Waals surface area (Å²) in [6.07, 6.45) is 8.18. The van der Waals surface area contributed by atoms with Crippen LogP contribution < -0.4 is 5.32 Å². The van der Waals surface area contributed by atoms with Crippen molar-refractivity contribution in [3.05, 3.63) is 36.9 Å². The summed E-state index contributed by atoms with van der Waals surface area (Å²) in [5, 5.41) is 10.4. The zero-order valence-electron chi connectivity index (χ0n) is 14.9. The Bertz CT molecular complexity index is 637. The van der Waals surface area contributed by atoms with E-state index >= 15 is 0 Å². The largest absolute Gasteiger partial charge is 0.461 e. The van der Waals surface area contributed by atoms with Crippen molar-refractivity contribution >= 4 is 29.9 Å². The number of H-pyrrole nitrogens is 1. The van der Waals surface area contributed by atoms with E-state index in [1.54, 1.807) is 13.3 Å². The summed E-state index contributed by atoms with van der Waals surface area (Å²) in [5.74, 6) is 2.79. The standard InChI is InChI=1S/C17H26N6O.HI/c1-4-5-6-7-8-11-23(3)17(18-2)19-13-15-20-16(22-21-15)14-10-9-12-24-14;/h4,9-10,12H,1,5-8,11,13H2,2-3H3,(H,18,19)(H,20,21,22);1H. The SMILES string of the molecule is C=CCCCCCN(C)C(=NC)NCc1nc(-c2ccco2)n[nH]1.I. The summed E-state index contributed by atoms with van der Waals surface area (Å²) in [6, 6.07) is 3.65. The van der Waals surface area contributed by atoms with Gasteiger partial charge in [0.1, 0.15) is 5.82 Å². The molecule has 2 aromatic rings. The Balaban J connectivity index is 0.00000312. The Labute approximate surface area is 166 Å². The lowest BCUT2D eigenvalue weighted by atomic mass is 10.2. The third-order valence-electron chi connectivity index (χ3n) is 3.66. The van der Waals surface area contributed by atoms with E-state index in [1.165, 1.54) is 12.8 Å². The zero-order valence-corrected chi connectivity index (χ0v) is 17.2. The number of hydrogen-bond donors (Lipinski definition) is 2. The molecule has 8 heteroatoms. The molecule has 0 saturated heterocycles. The molecular formula is C17H27IN6O. The molecule has 2 N–H and O–H groups in total. The molecule has 2 aromatic heterocycles. The van der Waals surface area contributed by atoms with Crippen LogP contribution in [0.2, 0.25) is 0 Å². The molecule has 0 saturated carbocycles. The van der Waals surface area contributed by atoms with E-state index in [0.717, 1.165) is 31.2 Å². The van der Waals surface area contributed by atoms with Crippen molar-refractivity contribution in [3.63, 3.8) is 0 Å². The van der Waals surface area contributed by atoms with E-state index < -0.39 is 0 Å². The molecule has 2 heterocycles. The van der Waals surface area contributed by atoms with Crippen LogP contribution in [0.15, 0.2) is 40.5 Å². The van der Waals surface area contributed by atoms with Crippen molar-refractivity contribution in [1.29, 1.82) is 0 Å². The number of guanidine groups is 1. The number of aromatic amines is 1. The molecule has 0 atom stereocenters. The average molecular weight is 458 g/mol. The highest BCUT2D eigenvalue weighted by atomic mass is 127. The van der Waals surface area contributed by atoms with Gasteiger partial charge in [-0.05, 0) is 31.4 Å². The molecule has 0 amide bonds. The van der Waals surface area contributed by atoms with Gasteiger partial charge in [0.25, 0.3) is 0 Å². The van der Waals surface area contributed by atoms with Crippen LogP contribution in [0.3, 0.4) is 0 Å². The van der Waals surface area contributed by atoms with Gasteiger partial charge in [-0.1, -0.05) is 12.5 Å². The van der Waals surface area contributed by atoms with E-state index in [0.29, 0.717) is 18.1 Å². The Hall–Kier alpha value is -1.84. The first-order valence-electron chi connectivity index (χ1n) is 8.22. The van der Waals surface area contributed by atoms with Gasteiger partial charge in [0.05, 0.1) is 12.8 Å². The van der Waals surface area contributed by atoms with Gasteiger partial charge in [-0.15, -0.1) is 35.7 Å². The summed E-state index contributed by atoms with van der Waals surface area (Å²) >= 11 is 0. The molecule has 0 bridgehead atoms. The number of rotatable bonds is 9. The van der Waals surface area contributed by atoms with Crippen molar-refractivity contribution in [2.24, 2.45) is 4.99 Å². The first-order valence-corrected chi connectivity index (χ1v) is 8.22. The molecule has 0 fully saturated rings. The van der Waals surface area contributed by atoms with Crippen LogP contribution in [-0.4, -0.2) is 46.7 Å². The molecule has 0 unspecified atom stereocenters. The van der Waals surface area contributed by atoms with Crippen molar-refractivity contribution < 1.29 is 4.42 Å². The first kappa shape index (κ1) is 21.2. The van der Waals surface area contributed by atoms with Crippen molar-refractivity contribution in [2.75, 3.05) is 20.6 Å². The van der Waals surface area contributed by atoms with E-state index in [9.17, 15) is 0 Å². The Morgan fingerprint density at radius 2 is 2.28 bits per heavy atom. The molecule has 25 heavy (non-hydrogen) atoms.